The SMILES string of the molecule is CCCCC[n+]1cccc(NC(=O)c2ccc(NC(=O)c3ccc(C(=O)Nc4ccc(C(=O)Nc5ccc[n+](CCCCC)c5)cc4)cc3)cc2)c1. The second-order valence-electron chi connectivity index (χ2n) is 12.6. The van der Waals surface area contributed by atoms with Crippen LogP contribution in [0.1, 0.15) is 93.8 Å². The van der Waals surface area contributed by atoms with Gasteiger partial charge in [-0.3, -0.25) is 19.2 Å². The molecule has 0 saturated carbocycles. The third-order valence-electron chi connectivity index (χ3n) is 8.49. The van der Waals surface area contributed by atoms with E-state index in [9.17, 15) is 19.2 Å². The Labute approximate surface area is 304 Å². The fourth-order valence-corrected chi connectivity index (χ4v) is 5.55. The number of nitrogens with zero attached hydrogens (tertiary/aromatic N) is 2. The first kappa shape index (κ1) is 37.1. The van der Waals surface area contributed by atoms with Crippen LogP contribution in [0, 0.1) is 0 Å². The zero-order chi connectivity index (χ0) is 36.7. The lowest BCUT2D eigenvalue weighted by atomic mass is 10.1. The summed E-state index contributed by atoms with van der Waals surface area (Å²) in [6.07, 6.45) is 14.6. The van der Waals surface area contributed by atoms with Crippen LogP contribution in [0.3, 0.4) is 0 Å². The van der Waals surface area contributed by atoms with E-state index in [0.29, 0.717) is 45.0 Å². The molecule has 0 aliphatic rings. The molecule has 0 saturated heterocycles. The Kier molecular flexibility index (Phi) is 13.4. The van der Waals surface area contributed by atoms with Crippen LogP contribution in [-0.2, 0) is 13.1 Å². The van der Waals surface area contributed by atoms with Crippen LogP contribution in [0.25, 0.3) is 0 Å². The highest BCUT2D eigenvalue weighted by Gasteiger charge is 2.14. The van der Waals surface area contributed by atoms with Crippen LogP contribution >= 0.6 is 0 Å². The number of anilines is 4. The van der Waals surface area contributed by atoms with Gasteiger partial charge < -0.3 is 21.3 Å². The van der Waals surface area contributed by atoms with Crippen LogP contribution in [-0.4, -0.2) is 23.6 Å². The van der Waals surface area contributed by atoms with Gasteiger partial charge in [-0.25, -0.2) is 9.13 Å². The third-order valence-corrected chi connectivity index (χ3v) is 8.49. The second kappa shape index (κ2) is 18.7. The summed E-state index contributed by atoms with van der Waals surface area (Å²) < 4.78 is 4.14. The van der Waals surface area contributed by atoms with Crippen molar-refractivity contribution in [1.82, 2.24) is 0 Å². The summed E-state index contributed by atoms with van der Waals surface area (Å²) in [6, 6.07) is 27.1. The van der Waals surface area contributed by atoms with Crippen LogP contribution in [0.5, 0.6) is 0 Å². The highest BCUT2D eigenvalue weighted by molar-refractivity contribution is 6.08. The van der Waals surface area contributed by atoms with Crippen molar-refractivity contribution in [2.45, 2.75) is 65.5 Å². The molecular formula is C42H46N6O4+2. The van der Waals surface area contributed by atoms with Crippen molar-refractivity contribution < 1.29 is 28.3 Å². The fourth-order valence-electron chi connectivity index (χ4n) is 5.55. The minimum absolute atomic E-state index is 0.242. The highest BCUT2D eigenvalue weighted by atomic mass is 16.2. The monoisotopic (exact) mass is 698 g/mol. The van der Waals surface area contributed by atoms with E-state index in [1.54, 1.807) is 72.8 Å². The van der Waals surface area contributed by atoms with Gasteiger partial charge in [0.15, 0.2) is 24.8 Å². The summed E-state index contributed by atoms with van der Waals surface area (Å²) in [5, 5.41) is 11.5. The van der Waals surface area contributed by atoms with Crippen LogP contribution in [0.2, 0.25) is 0 Å². The molecule has 5 aromatic rings. The van der Waals surface area contributed by atoms with Gasteiger partial charge in [-0.05, 0) is 97.8 Å². The van der Waals surface area contributed by atoms with Crippen molar-refractivity contribution in [3.63, 3.8) is 0 Å². The molecule has 0 aliphatic carbocycles. The van der Waals surface area contributed by atoms with Crippen LogP contribution in [0.4, 0.5) is 22.7 Å². The second-order valence-corrected chi connectivity index (χ2v) is 12.6. The Morgan fingerprint density at radius 3 is 1.06 bits per heavy atom. The molecule has 3 aromatic carbocycles. The average Bonchev–Trinajstić information content (AvgIpc) is 3.16. The largest absolute Gasteiger partial charge is 0.322 e. The Morgan fingerprint density at radius 2 is 0.731 bits per heavy atom. The number of rotatable bonds is 16. The zero-order valence-electron chi connectivity index (χ0n) is 29.7. The first-order valence-corrected chi connectivity index (χ1v) is 17.8. The van der Waals surface area contributed by atoms with Crippen molar-refractivity contribution in [1.29, 1.82) is 0 Å². The lowest BCUT2D eigenvalue weighted by Crippen LogP contribution is -2.33. The fraction of sp³-hybridized carbons (Fsp3) is 0.238. The molecule has 0 bridgehead atoms. The number of hydrogen-bond acceptors (Lipinski definition) is 4. The van der Waals surface area contributed by atoms with E-state index >= 15 is 0 Å². The topological polar surface area (TPSA) is 124 Å². The molecule has 0 atom stereocenters. The number of carbonyl (C=O) groups excluding carboxylic acids is 4. The molecule has 5 rings (SSSR count). The van der Waals surface area contributed by atoms with Gasteiger partial charge in [0.1, 0.15) is 24.5 Å². The summed E-state index contributed by atoms with van der Waals surface area (Å²) in [4.78, 5) is 51.5. The Hall–Kier alpha value is -6.16. The minimum atomic E-state index is -0.350. The number of unbranched alkanes of at least 4 members (excludes halogenated alkanes) is 4. The van der Waals surface area contributed by atoms with Crippen molar-refractivity contribution in [2.75, 3.05) is 21.3 Å². The van der Waals surface area contributed by atoms with E-state index in [-0.39, 0.29) is 23.6 Å². The van der Waals surface area contributed by atoms with Gasteiger partial charge >= 0.3 is 0 Å². The molecule has 4 N–H and O–H groups in total. The van der Waals surface area contributed by atoms with E-state index in [0.717, 1.165) is 51.6 Å². The van der Waals surface area contributed by atoms with Gasteiger partial charge in [-0.15, -0.1) is 0 Å². The maximum absolute atomic E-state index is 12.9. The quantitative estimate of drug-likeness (QED) is 0.0624. The number of hydrogen-bond donors (Lipinski definition) is 4. The van der Waals surface area contributed by atoms with E-state index in [1.807, 2.05) is 49.1 Å². The van der Waals surface area contributed by atoms with Gasteiger partial charge in [-0.2, -0.15) is 0 Å². The molecule has 2 heterocycles. The van der Waals surface area contributed by atoms with Gasteiger partial charge in [0.2, 0.25) is 0 Å². The molecule has 52 heavy (non-hydrogen) atoms. The molecular weight excluding hydrogens is 652 g/mol. The maximum atomic E-state index is 12.9. The van der Waals surface area contributed by atoms with Crippen molar-refractivity contribution in [3.8, 4) is 0 Å². The van der Waals surface area contributed by atoms with Gasteiger partial charge in [-0.1, -0.05) is 26.7 Å². The summed E-state index contributed by atoms with van der Waals surface area (Å²) in [7, 11) is 0. The van der Waals surface area contributed by atoms with Gasteiger partial charge in [0.05, 0.1) is 0 Å². The van der Waals surface area contributed by atoms with Crippen molar-refractivity contribution >= 4 is 46.4 Å². The molecule has 0 aliphatic heterocycles. The number of carbonyl (C=O) groups is 4. The number of benzene rings is 3. The lowest BCUT2D eigenvalue weighted by Gasteiger charge is -2.09. The predicted octanol–water partition coefficient (Wildman–Crippen LogP) is 7.65. The van der Waals surface area contributed by atoms with E-state index < -0.39 is 0 Å². The lowest BCUT2D eigenvalue weighted by molar-refractivity contribution is -0.696. The molecule has 2 aromatic heterocycles. The van der Waals surface area contributed by atoms with Crippen LogP contribution < -0.4 is 30.4 Å². The number of aryl methyl sites for hydroxylation is 2. The highest BCUT2D eigenvalue weighted by Crippen LogP contribution is 2.16. The number of amides is 4. The molecule has 0 fully saturated rings. The van der Waals surface area contributed by atoms with Crippen LogP contribution in [0.15, 0.2) is 122 Å². The first-order chi connectivity index (χ1) is 25.3. The molecule has 0 radical (unpaired) electrons. The maximum Gasteiger partial charge on any atom is 0.255 e. The molecule has 10 nitrogen and oxygen atoms in total. The summed E-state index contributed by atoms with van der Waals surface area (Å²) in [6.45, 7) is 6.13. The minimum Gasteiger partial charge on any atom is -0.322 e. The number of nitrogens with one attached hydrogen (secondary N) is 4. The van der Waals surface area contributed by atoms with E-state index in [1.165, 1.54) is 0 Å². The smallest absolute Gasteiger partial charge is 0.255 e. The Morgan fingerprint density at radius 1 is 0.423 bits per heavy atom. The van der Waals surface area contributed by atoms with Gasteiger partial charge in [0.25, 0.3) is 23.6 Å². The third kappa shape index (κ3) is 10.9. The number of pyridine rings is 2. The molecule has 266 valence electrons. The Bertz CT molecular complexity index is 1830. The van der Waals surface area contributed by atoms with E-state index in [2.05, 4.69) is 44.2 Å². The average molecular weight is 699 g/mol. The number of aromatic nitrogens is 2. The first-order valence-electron chi connectivity index (χ1n) is 17.8. The predicted molar refractivity (Wildman–Crippen MR) is 203 cm³/mol. The Balaban J connectivity index is 1.09. The zero-order valence-corrected chi connectivity index (χ0v) is 29.7. The van der Waals surface area contributed by atoms with E-state index in [4.69, 9.17) is 0 Å². The molecule has 4 amide bonds. The molecule has 0 unspecified atom stereocenters. The summed E-state index contributed by atoms with van der Waals surface area (Å²) in [5.41, 5.74) is 4.16. The van der Waals surface area contributed by atoms with Crippen molar-refractivity contribution in [3.05, 3.63) is 144 Å². The molecule has 0 spiro atoms. The summed E-state index contributed by atoms with van der Waals surface area (Å²) >= 11 is 0. The van der Waals surface area contributed by atoms with Gasteiger partial charge in [0, 0.05) is 58.6 Å². The summed E-state index contributed by atoms with van der Waals surface area (Å²) in [5.74, 6) is -1.19. The molecule has 10 heteroatoms. The standard InChI is InChI=1S/C42H44N6O4/c1-3-5-7-25-47-27-9-11-37(29-47)45-41(51)33-17-21-35(22-18-33)43-39(49)31-13-15-32(16-14-31)40(50)44-36-23-19-34(20-24-36)42(52)46-38-12-10-28-48(30-38)26-8-6-4-2/h9-24,27-30H,3-8,25-26H2,1-2H3,(H2-2,43,44,45,46,49,50,51,52)/p+2. The van der Waals surface area contributed by atoms with Crippen molar-refractivity contribution in [2.24, 2.45) is 0 Å². The normalized spacial score (nSPS) is 10.7.